The molecule has 10 nitrogen and oxygen atoms in total. The second-order valence-electron chi connectivity index (χ2n) is 7.28. The SMILES string of the molecule is O=C(/C=C/c1ccc([N+](=O)[O-])cc1)NCCn1ncc2c(NCc3ccc(F)cc3)ncnc21. The smallest absolute Gasteiger partial charge is 0.269 e. The number of hydrogen-bond acceptors (Lipinski definition) is 7. The van der Waals surface area contributed by atoms with Gasteiger partial charge in [0.2, 0.25) is 5.91 Å². The summed E-state index contributed by atoms with van der Waals surface area (Å²) in [5.74, 6) is 0.0186. The molecular weight excluding hydrogens is 441 g/mol. The first-order valence-corrected chi connectivity index (χ1v) is 10.3. The number of nitro groups is 1. The molecule has 2 aromatic heterocycles. The zero-order valence-corrected chi connectivity index (χ0v) is 17.9. The predicted octanol–water partition coefficient (Wildman–Crippen LogP) is 3.32. The van der Waals surface area contributed by atoms with Crippen LogP contribution in [0.2, 0.25) is 0 Å². The van der Waals surface area contributed by atoms with Gasteiger partial charge >= 0.3 is 0 Å². The van der Waals surface area contributed by atoms with Gasteiger partial charge in [0.15, 0.2) is 5.65 Å². The lowest BCUT2D eigenvalue weighted by Crippen LogP contribution is -2.25. The normalized spacial score (nSPS) is 11.1. The highest BCUT2D eigenvalue weighted by molar-refractivity contribution is 5.91. The maximum absolute atomic E-state index is 13.1. The van der Waals surface area contributed by atoms with E-state index in [1.807, 2.05) is 0 Å². The number of benzene rings is 2. The highest BCUT2D eigenvalue weighted by Crippen LogP contribution is 2.19. The average Bonchev–Trinajstić information content (AvgIpc) is 3.26. The monoisotopic (exact) mass is 461 g/mol. The Morgan fingerprint density at radius 2 is 1.88 bits per heavy atom. The van der Waals surface area contributed by atoms with E-state index < -0.39 is 4.92 Å². The number of anilines is 1. The summed E-state index contributed by atoms with van der Waals surface area (Å²) in [6, 6.07) is 12.1. The second kappa shape index (κ2) is 10.3. The first-order chi connectivity index (χ1) is 16.5. The van der Waals surface area contributed by atoms with E-state index in [-0.39, 0.29) is 17.4 Å². The fourth-order valence-electron chi connectivity index (χ4n) is 3.21. The minimum atomic E-state index is -0.477. The molecule has 0 radical (unpaired) electrons. The third kappa shape index (κ3) is 5.57. The van der Waals surface area contributed by atoms with Crippen molar-refractivity contribution in [3.8, 4) is 0 Å². The Labute approximate surface area is 193 Å². The molecule has 2 N–H and O–H groups in total. The van der Waals surface area contributed by atoms with Crippen LogP contribution in [0.25, 0.3) is 17.1 Å². The van der Waals surface area contributed by atoms with Crippen molar-refractivity contribution in [2.75, 3.05) is 11.9 Å². The van der Waals surface area contributed by atoms with E-state index in [0.29, 0.717) is 36.7 Å². The Balaban J connectivity index is 1.32. The minimum absolute atomic E-state index is 0.00864. The zero-order chi connectivity index (χ0) is 23.9. The van der Waals surface area contributed by atoms with Crippen LogP contribution in [-0.2, 0) is 17.9 Å². The molecule has 2 heterocycles. The minimum Gasteiger partial charge on any atom is -0.365 e. The third-order valence-electron chi connectivity index (χ3n) is 4.96. The van der Waals surface area contributed by atoms with E-state index in [4.69, 9.17) is 0 Å². The third-order valence-corrected chi connectivity index (χ3v) is 4.96. The standard InChI is InChI=1S/C23H20FN7O3/c24-18-6-1-17(2-7-18)13-26-22-20-14-29-30(23(20)28-15-27-22)12-11-25-21(32)10-5-16-3-8-19(9-4-16)31(33)34/h1-10,14-15H,11-13H2,(H,25,32)(H,26,27,28)/b10-5+. The topological polar surface area (TPSA) is 128 Å². The first-order valence-electron chi connectivity index (χ1n) is 10.3. The van der Waals surface area contributed by atoms with Crippen LogP contribution in [0.15, 0.2) is 67.1 Å². The molecular formula is C23H20FN7O3. The van der Waals surface area contributed by atoms with Gasteiger partial charge in [-0.15, -0.1) is 0 Å². The summed E-state index contributed by atoms with van der Waals surface area (Å²) >= 11 is 0. The molecule has 172 valence electrons. The quantitative estimate of drug-likeness (QED) is 0.222. The molecule has 0 fully saturated rings. The lowest BCUT2D eigenvalue weighted by atomic mass is 10.2. The summed E-state index contributed by atoms with van der Waals surface area (Å²) in [7, 11) is 0. The summed E-state index contributed by atoms with van der Waals surface area (Å²) in [6.45, 7) is 1.19. The largest absolute Gasteiger partial charge is 0.365 e. The number of fused-ring (bicyclic) bond motifs is 1. The van der Waals surface area contributed by atoms with Crippen molar-refractivity contribution in [3.05, 3.63) is 94.2 Å². The Hall–Kier alpha value is -4.67. The number of aromatic nitrogens is 4. The van der Waals surface area contributed by atoms with Gasteiger partial charge in [0.25, 0.3) is 5.69 Å². The van der Waals surface area contributed by atoms with Gasteiger partial charge in [-0.25, -0.2) is 19.0 Å². The van der Waals surface area contributed by atoms with Gasteiger partial charge in [0.05, 0.1) is 23.1 Å². The van der Waals surface area contributed by atoms with Gasteiger partial charge in [-0.3, -0.25) is 14.9 Å². The molecule has 0 aliphatic heterocycles. The Morgan fingerprint density at radius 3 is 2.62 bits per heavy atom. The van der Waals surface area contributed by atoms with Crippen molar-refractivity contribution in [2.45, 2.75) is 13.1 Å². The van der Waals surface area contributed by atoms with Crippen LogP contribution in [0.1, 0.15) is 11.1 Å². The maximum Gasteiger partial charge on any atom is 0.269 e. The molecule has 34 heavy (non-hydrogen) atoms. The average molecular weight is 461 g/mol. The van der Waals surface area contributed by atoms with E-state index in [9.17, 15) is 19.3 Å². The molecule has 1 amide bonds. The number of nitrogens with zero attached hydrogens (tertiary/aromatic N) is 5. The van der Waals surface area contributed by atoms with Gasteiger partial charge in [0, 0.05) is 31.3 Å². The van der Waals surface area contributed by atoms with Crippen molar-refractivity contribution in [3.63, 3.8) is 0 Å². The fourth-order valence-corrected chi connectivity index (χ4v) is 3.21. The highest BCUT2D eigenvalue weighted by atomic mass is 19.1. The van der Waals surface area contributed by atoms with Gasteiger partial charge < -0.3 is 10.6 Å². The lowest BCUT2D eigenvalue weighted by Gasteiger charge is -2.07. The molecule has 0 aliphatic carbocycles. The molecule has 4 rings (SSSR count). The van der Waals surface area contributed by atoms with Crippen LogP contribution in [0.3, 0.4) is 0 Å². The summed E-state index contributed by atoms with van der Waals surface area (Å²) < 4.78 is 14.7. The van der Waals surface area contributed by atoms with Crippen molar-refractivity contribution >= 4 is 34.5 Å². The molecule has 0 aliphatic rings. The van der Waals surface area contributed by atoms with Crippen LogP contribution in [0, 0.1) is 15.9 Å². The van der Waals surface area contributed by atoms with Gasteiger partial charge in [-0.2, -0.15) is 5.10 Å². The summed E-state index contributed by atoms with van der Waals surface area (Å²) in [5.41, 5.74) is 2.19. The Bertz CT molecular complexity index is 1340. The molecule has 0 spiro atoms. The van der Waals surface area contributed by atoms with Gasteiger partial charge in [-0.05, 0) is 41.5 Å². The van der Waals surface area contributed by atoms with Gasteiger partial charge in [-0.1, -0.05) is 12.1 Å². The molecule has 2 aromatic carbocycles. The number of nitrogens with one attached hydrogen (secondary N) is 2. The van der Waals surface area contributed by atoms with Crippen molar-refractivity contribution in [1.82, 2.24) is 25.1 Å². The molecule has 0 saturated carbocycles. The highest BCUT2D eigenvalue weighted by Gasteiger charge is 2.10. The summed E-state index contributed by atoms with van der Waals surface area (Å²) in [6.07, 6.45) is 6.02. The van der Waals surface area contributed by atoms with E-state index in [1.165, 1.54) is 36.7 Å². The van der Waals surface area contributed by atoms with Crippen LogP contribution in [-0.4, -0.2) is 37.1 Å². The number of carbonyl (C=O) groups is 1. The van der Waals surface area contributed by atoms with E-state index in [2.05, 4.69) is 25.7 Å². The molecule has 4 aromatic rings. The van der Waals surface area contributed by atoms with Crippen LogP contribution < -0.4 is 10.6 Å². The van der Waals surface area contributed by atoms with Crippen molar-refractivity contribution < 1.29 is 14.1 Å². The number of non-ortho nitro benzene ring substituents is 1. The number of halogens is 1. The predicted molar refractivity (Wildman–Crippen MR) is 124 cm³/mol. The molecule has 0 bridgehead atoms. The van der Waals surface area contributed by atoms with E-state index in [0.717, 1.165) is 10.9 Å². The molecule has 0 unspecified atom stereocenters. The van der Waals surface area contributed by atoms with Crippen molar-refractivity contribution in [2.24, 2.45) is 0 Å². The van der Waals surface area contributed by atoms with Crippen molar-refractivity contribution in [1.29, 1.82) is 0 Å². The number of hydrogen-bond donors (Lipinski definition) is 2. The molecule has 0 saturated heterocycles. The Kier molecular flexibility index (Phi) is 6.82. The number of rotatable bonds is 9. The second-order valence-corrected chi connectivity index (χ2v) is 7.28. The number of amides is 1. The fraction of sp³-hybridized carbons (Fsp3) is 0.130. The molecule has 0 atom stereocenters. The summed E-state index contributed by atoms with van der Waals surface area (Å²) in [4.78, 5) is 30.8. The van der Waals surface area contributed by atoms with Crippen LogP contribution in [0.5, 0.6) is 0 Å². The maximum atomic E-state index is 13.1. The van der Waals surface area contributed by atoms with Crippen LogP contribution >= 0.6 is 0 Å². The van der Waals surface area contributed by atoms with Crippen LogP contribution in [0.4, 0.5) is 15.9 Å². The zero-order valence-electron chi connectivity index (χ0n) is 17.9. The molecule has 11 heteroatoms. The van der Waals surface area contributed by atoms with E-state index >= 15 is 0 Å². The Morgan fingerprint density at radius 1 is 1.12 bits per heavy atom. The summed E-state index contributed by atoms with van der Waals surface area (Å²) in [5, 5.41) is 21.7. The first kappa shape index (κ1) is 22.5. The van der Waals surface area contributed by atoms with Gasteiger partial charge in [0.1, 0.15) is 18.0 Å². The lowest BCUT2D eigenvalue weighted by molar-refractivity contribution is -0.384. The van der Waals surface area contributed by atoms with E-state index in [1.54, 1.807) is 41.2 Å². The number of carbonyl (C=O) groups excluding carboxylic acids is 1. The number of nitro benzene ring substituents is 1.